The molecule has 0 N–H and O–H groups in total. The molecular formula is C21H16F3N3O3. The van der Waals surface area contributed by atoms with E-state index in [1.54, 1.807) is 12.3 Å². The van der Waals surface area contributed by atoms with E-state index in [4.69, 9.17) is 0 Å². The fourth-order valence-corrected chi connectivity index (χ4v) is 3.45. The summed E-state index contributed by atoms with van der Waals surface area (Å²) in [5.41, 5.74) is 2.85. The molecule has 1 fully saturated rings. The summed E-state index contributed by atoms with van der Waals surface area (Å²) in [5.74, 6) is -0.889. The molecule has 0 spiro atoms. The molecule has 2 aromatic carbocycles. The number of ether oxygens (including phenoxy) is 1. The number of aromatic nitrogens is 1. The molecule has 0 aliphatic carbocycles. The molecule has 1 aliphatic rings. The largest absolute Gasteiger partial charge is 0.573 e. The quantitative estimate of drug-likeness (QED) is 0.592. The van der Waals surface area contributed by atoms with Crippen molar-refractivity contribution in [2.75, 3.05) is 11.4 Å². The van der Waals surface area contributed by atoms with Gasteiger partial charge in [-0.05, 0) is 48.4 Å². The van der Waals surface area contributed by atoms with Crippen LogP contribution in [0.15, 0.2) is 54.7 Å². The lowest BCUT2D eigenvalue weighted by Crippen LogP contribution is -2.32. The number of carbonyl (C=O) groups excluding carboxylic acids is 2. The van der Waals surface area contributed by atoms with Crippen LogP contribution in [0.3, 0.4) is 0 Å². The number of anilines is 1. The summed E-state index contributed by atoms with van der Waals surface area (Å²) in [6.07, 6.45) is -3.16. The Hall–Kier alpha value is -3.62. The topological polar surface area (TPSA) is 62.7 Å². The Morgan fingerprint density at radius 2 is 1.80 bits per heavy atom. The number of pyridine rings is 1. The Bertz CT molecular complexity index is 1130. The first-order chi connectivity index (χ1) is 14.2. The molecular weight excluding hydrogens is 399 g/mol. The van der Waals surface area contributed by atoms with Gasteiger partial charge in [0.15, 0.2) is 0 Å². The number of fused-ring (bicyclic) bond motifs is 1. The Morgan fingerprint density at radius 1 is 1.07 bits per heavy atom. The van der Waals surface area contributed by atoms with Crippen molar-refractivity contribution in [1.29, 1.82) is 0 Å². The summed E-state index contributed by atoms with van der Waals surface area (Å²) >= 11 is 0. The van der Waals surface area contributed by atoms with Gasteiger partial charge in [0.1, 0.15) is 12.3 Å². The van der Waals surface area contributed by atoms with Crippen molar-refractivity contribution in [3.05, 3.63) is 65.9 Å². The third-order valence-corrected chi connectivity index (χ3v) is 4.79. The fraction of sp³-hybridized carbons (Fsp3) is 0.190. The number of rotatable bonds is 4. The normalized spacial score (nSPS) is 14.7. The first-order valence-electron chi connectivity index (χ1n) is 9.04. The highest BCUT2D eigenvalue weighted by Gasteiger charge is 2.37. The minimum absolute atomic E-state index is 0.130. The van der Waals surface area contributed by atoms with Crippen LogP contribution in [0.2, 0.25) is 0 Å². The van der Waals surface area contributed by atoms with E-state index in [9.17, 15) is 22.8 Å². The van der Waals surface area contributed by atoms with Crippen LogP contribution in [-0.4, -0.2) is 34.7 Å². The van der Waals surface area contributed by atoms with Crippen molar-refractivity contribution in [1.82, 2.24) is 9.88 Å². The average Bonchev–Trinajstić information content (AvgIpc) is 2.95. The minimum Gasteiger partial charge on any atom is -0.406 e. The van der Waals surface area contributed by atoms with Gasteiger partial charge in [0.2, 0.25) is 0 Å². The Morgan fingerprint density at radius 3 is 2.50 bits per heavy atom. The second kappa shape index (κ2) is 7.33. The number of para-hydroxylation sites is 1. The van der Waals surface area contributed by atoms with Gasteiger partial charge in [0.05, 0.1) is 11.2 Å². The molecule has 4 rings (SSSR count). The van der Waals surface area contributed by atoms with Gasteiger partial charge in [-0.2, -0.15) is 0 Å². The molecule has 154 valence electrons. The van der Waals surface area contributed by atoms with Gasteiger partial charge in [0.25, 0.3) is 5.91 Å². The Labute approximate surface area is 169 Å². The highest BCUT2D eigenvalue weighted by molar-refractivity contribution is 6.19. The molecule has 0 saturated carbocycles. The standard InChI is InChI=1S/C21H16F3N3O3/c1-13-3-2-4-17-14(9-10-25-19(13)17)11-26-12-18(28)27(20(26)29)15-5-7-16(8-6-15)30-21(22,23)24/h2-10H,11-12H2,1H3. The number of carbonyl (C=O) groups is 2. The highest BCUT2D eigenvalue weighted by Crippen LogP contribution is 2.29. The maximum Gasteiger partial charge on any atom is 0.573 e. The third-order valence-electron chi connectivity index (χ3n) is 4.79. The van der Waals surface area contributed by atoms with E-state index in [1.165, 1.54) is 17.0 Å². The highest BCUT2D eigenvalue weighted by atomic mass is 19.4. The number of aryl methyl sites for hydroxylation is 1. The van der Waals surface area contributed by atoms with Crippen LogP contribution in [0.25, 0.3) is 10.9 Å². The summed E-state index contributed by atoms with van der Waals surface area (Å²) in [4.78, 5) is 32.0. The van der Waals surface area contributed by atoms with E-state index in [1.807, 2.05) is 25.1 Å². The summed E-state index contributed by atoms with van der Waals surface area (Å²) < 4.78 is 40.7. The van der Waals surface area contributed by atoms with Gasteiger partial charge in [-0.1, -0.05) is 18.2 Å². The molecule has 1 aliphatic heterocycles. The molecule has 0 radical (unpaired) electrons. The van der Waals surface area contributed by atoms with E-state index >= 15 is 0 Å². The van der Waals surface area contributed by atoms with E-state index < -0.39 is 24.1 Å². The Balaban J connectivity index is 1.56. The first kappa shape index (κ1) is 19.7. The molecule has 6 nitrogen and oxygen atoms in total. The molecule has 3 aromatic rings. The number of hydrogen-bond acceptors (Lipinski definition) is 4. The third kappa shape index (κ3) is 3.78. The van der Waals surface area contributed by atoms with Gasteiger partial charge in [-0.3, -0.25) is 9.78 Å². The molecule has 0 atom stereocenters. The van der Waals surface area contributed by atoms with E-state index in [-0.39, 0.29) is 18.8 Å². The molecule has 0 bridgehead atoms. The second-order valence-corrected chi connectivity index (χ2v) is 6.85. The smallest absolute Gasteiger partial charge is 0.406 e. The van der Waals surface area contributed by atoms with Gasteiger partial charge >= 0.3 is 12.4 Å². The lowest BCUT2D eigenvalue weighted by molar-refractivity contribution is -0.274. The molecule has 0 unspecified atom stereocenters. The molecule has 1 aromatic heterocycles. The summed E-state index contributed by atoms with van der Waals surface area (Å²) in [5, 5.41) is 0.893. The van der Waals surface area contributed by atoms with Gasteiger partial charge in [0, 0.05) is 18.1 Å². The number of hydrogen-bond donors (Lipinski definition) is 0. The van der Waals surface area contributed by atoms with Crippen molar-refractivity contribution in [2.45, 2.75) is 19.8 Å². The second-order valence-electron chi connectivity index (χ2n) is 6.85. The molecule has 3 amide bonds. The van der Waals surface area contributed by atoms with Crippen molar-refractivity contribution < 1.29 is 27.5 Å². The van der Waals surface area contributed by atoms with Crippen molar-refractivity contribution in [3.8, 4) is 5.75 Å². The molecule has 2 heterocycles. The number of imide groups is 1. The number of amides is 3. The van der Waals surface area contributed by atoms with Crippen molar-refractivity contribution in [2.24, 2.45) is 0 Å². The summed E-state index contributed by atoms with van der Waals surface area (Å²) in [6, 6.07) is 11.6. The van der Waals surface area contributed by atoms with E-state index in [0.29, 0.717) is 0 Å². The van der Waals surface area contributed by atoms with E-state index in [0.717, 1.165) is 39.1 Å². The molecule has 30 heavy (non-hydrogen) atoms. The number of alkyl halides is 3. The van der Waals surface area contributed by atoms with Gasteiger partial charge in [-0.15, -0.1) is 13.2 Å². The summed E-state index contributed by atoms with van der Waals surface area (Å²) in [7, 11) is 0. The lowest BCUT2D eigenvalue weighted by atomic mass is 10.1. The van der Waals surface area contributed by atoms with Crippen molar-refractivity contribution in [3.63, 3.8) is 0 Å². The number of urea groups is 1. The predicted molar refractivity (Wildman–Crippen MR) is 103 cm³/mol. The van der Waals surface area contributed by atoms with Crippen LogP contribution in [0.4, 0.5) is 23.7 Å². The number of nitrogens with zero attached hydrogens (tertiary/aromatic N) is 3. The minimum atomic E-state index is -4.82. The zero-order chi connectivity index (χ0) is 21.5. The van der Waals surface area contributed by atoms with Crippen LogP contribution in [0, 0.1) is 6.92 Å². The maximum absolute atomic E-state index is 12.8. The average molecular weight is 415 g/mol. The van der Waals surface area contributed by atoms with Crippen LogP contribution >= 0.6 is 0 Å². The van der Waals surface area contributed by atoms with Gasteiger partial charge in [-0.25, -0.2) is 9.69 Å². The predicted octanol–water partition coefficient (Wildman–Crippen LogP) is 4.41. The van der Waals surface area contributed by atoms with Crippen LogP contribution in [-0.2, 0) is 11.3 Å². The number of halogens is 3. The van der Waals surface area contributed by atoms with Crippen LogP contribution < -0.4 is 9.64 Å². The lowest BCUT2D eigenvalue weighted by Gasteiger charge is -2.18. The van der Waals surface area contributed by atoms with Gasteiger partial charge < -0.3 is 9.64 Å². The molecule has 1 saturated heterocycles. The van der Waals surface area contributed by atoms with E-state index in [2.05, 4.69) is 9.72 Å². The fourth-order valence-electron chi connectivity index (χ4n) is 3.45. The summed E-state index contributed by atoms with van der Waals surface area (Å²) in [6.45, 7) is 2.02. The maximum atomic E-state index is 12.8. The first-order valence-corrected chi connectivity index (χ1v) is 9.04. The van der Waals surface area contributed by atoms with Crippen LogP contribution in [0.5, 0.6) is 5.75 Å². The number of benzene rings is 2. The Kier molecular flexibility index (Phi) is 4.81. The zero-order valence-electron chi connectivity index (χ0n) is 15.8. The zero-order valence-corrected chi connectivity index (χ0v) is 15.8. The SMILES string of the molecule is Cc1cccc2c(CN3CC(=O)N(c4ccc(OC(F)(F)F)cc4)C3=O)ccnc12. The molecule has 9 heteroatoms. The van der Waals surface area contributed by atoms with Crippen molar-refractivity contribution >= 4 is 28.5 Å². The monoisotopic (exact) mass is 415 g/mol. The van der Waals surface area contributed by atoms with Crippen LogP contribution in [0.1, 0.15) is 11.1 Å².